The van der Waals surface area contributed by atoms with Crippen molar-refractivity contribution in [3.05, 3.63) is 23.8 Å². The third kappa shape index (κ3) is 12.3. The Morgan fingerprint density at radius 1 is 0.857 bits per heavy atom. The first-order valence-corrected chi connectivity index (χ1v) is 14.9. The van der Waals surface area contributed by atoms with Crippen molar-refractivity contribution in [3.63, 3.8) is 0 Å². The third-order valence-corrected chi connectivity index (χ3v) is 6.92. The van der Waals surface area contributed by atoms with Crippen LogP contribution in [0.3, 0.4) is 0 Å². The zero-order chi connectivity index (χ0) is 31.8. The predicted octanol–water partition coefficient (Wildman–Crippen LogP) is 6.79. The molecule has 0 aromatic heterocycles. The quantitative estimate of drug-likeness (QED) is 0.0573. The highest BCUT2D eigenvalue weighted by Gasteiger charge is 2.46. The summed E-state index contributed by atoms with van der Waals surface area (Å²) in [6.45, 7) is 13.2. The number of unbranched alkanes of at least 4 members (excludes halogenated alkanes) is 4. The van der Waals surface area contributed by atoms with E-state index in [0.29, 0.717) is 31.2 Å². The monoisotopic (exact) mass is 595 g/mol. The van der Waals surface area contributed by atoms with Crippen LogP contribution in [0.1, 0.15) is 105 Å². The number of hydrogen-bond donors (Lipinski definition) is 2. The largest absolute Gasteiger partial charge is 0.513 e. The van der Waals surface area contributed by atoms with E-state index in [2.05, 4.69) is 5.32 Å². The smallest absolute Gasteiger partial charge is 0.477 e. The van der Waals surface area contributed by atoms with Gasteiger partial charge in [0.05, 0.1) is 18.6 Å². The Balaban J connectivity index is 3.40. The lowest BCUT2D eigenvalue weighted by atomic mass is 9.90. The first-order chi connectivity index (χ1) is 19.8. The van der Waals surface area contributed by atoms with Gasteiger partial charge in [0.1, 0.15) is 0 Å². The molecule has 0 aliphatic heterocycles. The molecular weight excluding hydrogens is 546 g/mol. The fourth-order valence-corrected chi connectivity index (χ4v) is 3.61. The second-order valence-electron chi connectivity index (χ2n) is 11.0. The number of aliphatic carboxylic acids is 1. The number of carbonyl (C=O) groups is 4. The second kappa shape index (κ2) is 18.3. The molecule has 1 aromatic rings. The van der Waals surface area contributed by atoms with E-state index in [1.165, 1.54) is 18.2 Å². The molecular formula is C31H49NO10. The van der Waals surface area contributed by atoms with Crippen LogP contribution in [-0.4, -0.2) is 54.3 Å². The number of hydrogen-bond acceptors (Lipinski definition) is 10. The molecule has 0 saturated carbocycles. The molecule has 0 radical (unpaired) electrons. The Hall–Kier alpha value is -3.34. The molecule has 1 unspecified atom stereocenters. The van der Waals surface area contributed by atoms with Crippen LogP contribution in [0, 0.1) is 5.41 Å². The molecule has 0 aliphatic carbocycles. The molecule has 0 spiro atoms. The predicted molar refractivity (Wildman–Crippen MR) is 157 cm³/mol. The van der Waals surface area contributed by atoms with E-state index in [0.717, 1.165) is 25.7 Å². The van der Waals surface area contributed by atoms with Crippen molar-refractivity contribution >= 4 is 24.2 Å². The Kier molecular flexibility index (Phi) is 15.9. The van der Waals surface area contributed by atoms with Gasteiger partial charge in [-0.25, -0.2) is 14.4 Å². The van der Waals surface area contributed by atoms with Gasteiger partial charge in [0, 0.05) is 12.5 Å². The van der Waals surface area contributed by atoms with Gasteiger partial charge in [0.2, 0.25) is 0 Å². The first kappa shape index (κ1) is 36.7. The van der Waals surface area contributed by atoms with Crippen LogP contribution in [0.4, 0.5) is 9.59 Å². The van der Waals surface area contributed by atoms with Gasteiger partial charge in [0.15, 0.2) is 11.5 Å². The third-order valence-electron chi connectivity index (χ3n) is 6.92. The molecule has 2 atom stereocenters. The lowest BCUT2D eigenvalue weighted by Crippen LogP contribution is -2.60. The highest BCUT2D eigenvalue weighted by molar-refractivity contribution is 5.84. The number of nitrogens with one attached hydrogen (secondary N) is 1. The van der Waals surface area contributed by atoms with E-state index in [1.807, 2.05) is 27.7 Å². The summed E-state index contributed by atoms with van der Waals surface area (Å²) >= 11 is 0. The molecule has 2 N–H and O–H groups in total. The van der Waals surface area contributed by atoms with Gasteiger partial charge in [-0.3, -0.25) is 10.1 Å². The Morgan fingerprint density at radius 3 is 1.88 bits per heavy atom. The van der Waals surface area contributed by atoms with Crippen LogP contribution in [0.25, 0.3) is 0 Å². The van der Waals surface area contributed by atoms with Crippen LogP contribution >= 0.6 is 0 Å². The van der Waals surface area contributed by atoms with E-state index >= 15 is 0 Å². The van der Waals surface area contributed by atoms with Gasteiger partial charge in [-0.1, -0.05) is 59.4 Å². The minimum atomic E-state index is -2.13. The fourth-order valence-electron chi connectivity index (χ4n) is 3.61. The zero-order valence-electron chi connectivity index (χ0n) is 26.2. The van der Waals surface area contributed by atoms with Crippen LogP contribution in [0.5, 0.6) is 11.5 Å². The lowest BCUT2D eigenvalue weighted by Gasteiger charge is -2.35. The van der Waals surface area contributed by atoms with Gasteiger partial charge in [-0.05, 0) is 64.2 Å². The minimum absolute atomic E-state index is 0.121. The summed E-state index contributed by atoms with van der Waals surface area (Å²) in [6.07, 6.45) is 3.66. The van der Waals surface area contributed by atoms with Crippen LogP contribution < -0.4 is 14.8 Å². The van der Waals surface area contributed by atoms with E-state index in [1.54, 1.807) is 20.8 Å². The topological polar surface area (TPSA) is 147 Å². The molecule has 238 valence electrons. The number of carboxylic acids is 1. The average molecular weight is 596 g/mol. The van der Waals surface area contributed by atoms with E-state index < -0.39 is 35.4 Å². The summed E-state index contributed by atoms with van der Waals surface area (Å²) in [5, 5.41) is 13.3. The van der Waals surface area contributed by atoms with Crippen molar-refractivity contribution in [1.29, 1.82) is 0 Å². The van der Waals surface area contributed by atoms with Gasteiger partial charge in [-0.2, -0.15) is 0 Å². The summed E-state index contributed by atoms with van der Waals surface area (Å²) in [7, 11) is 0. The molecule has 42 heavy (non-hydrogen) atoms. The maximum absolute atomic E-state index is 13.1. The summed E-state index contributed by atoms with van der Waals surface area (Å²) in [5.74, 6) is -2.37. The normalized spacial score (nSPS) is 13.4. The van der Waals surface area contributed by atoms with Crippen molar-refractivity contribution in [2.24, 2.45) is 5.41 Å². The zero-order valence-corrected chi connectivity index (χ0v) is 26.2. The van der Waals surface area contributed by atoms with Crippen molar-refractivity contribution in [3.8, 4) is 11.5 Å². The number of esters is 1. The summed E-state index contributed by atoms with van der Waals surface area (Å²) in [5.41, 5.74) is -2.73. The summed E-state index contributed by atoms with van der Waals surface area (Å²) < 4.78 is 26.6. The molecule has 0 amide bonds. The maximum atomic E-state index is 13.1. The molecule has 0 saturated heterocycles. The molecule has 11 nitrogen and oxygen atoms in total. The summed E-state index contributed by atoms with van der Waals surface area (Å²) in [6, 6.07) is 3.88. The molecule has 1 rings (SSSR count). The Morgan fingerprint density at radius 2 is 1.40 bits per heavy atom. The minimum Gasteiger partial charge on any atom is -0.477 e. The van der Waals surface area contributed by atoms with Crippen molar-refractivity contribution in [1.82, 2.24) is 5.32 Å². The Labute approximate surface area is 249 Å². The van der Waals surface area contributed by atoms with Crippen molar-refractivity contribution in [2.45, 2.75) is 118 Å². The van der Waals surface area contributed by atoms with Gasteiger partial charge >= 0.3 is 24.2 Å². The molecule has 0 bridgehead atoms. The van der Waals surface area contributed by atoms with Crippen LogP contribution in [0.2, 0.25) is 0 Å². The van der Waals surface area contributed by atoms with Crippen molar-refractivity contribution in [2.75, 3.05) is 13.2 Å². The van der Waals surface area contributed by atoms with Gasteiger partial charge < -0.3 is 28.8 Å². The first-order valence-electron chi connectivity index (χ1n) is 14.9. The molecule has 11 heteroatoms. The molecule has 1 aromatic carbocycles. The average Bonchev–Trinajstić information content (AvgIpc) is 2.94. The maximum Gasteiger partial charge on any atom is 0.513 e. The molecule has 0 heterocycles. The fraction of sp³-hybridized carbons (Fsp3) is 0.677. The SMILES string of the molecule is CCCCCOC(=O)Oc1ccc(C[C@](NC(C)CC)(OC(=O)C(C)(C)CC)C(=O)O)cc1OC(=O)OCCCCC. The van der Waals surface area contributed by atoms with Crippen LogP contribution in [0.15, 0.2) is 18.2 Å². The lowest BCUT2D eigenvalue weighted by molar-refractivity contribution is -0.191. The number of carbonyl (C=O) groups excluding carboxylic acids is 3. The van der Waals surface area contributed by atoms with E-state index in [-0.39, 0.29) is 37.2 Å². The molecule has 0 fully saturated rings. The van der Waals surface area contributed by atoms with E-state index in [9.17, 15) is 24.3 Å². The standard InChI is InChI=1S/C31H49NO10/c1-8-12-14-18-38-28(36)40-24-17-16-23(20-25(24)41-29(37)39-19-15-13-9-2)21-31(26(33)34,32-22(5)10-3)42-27(35)30(6,7)11-4/h16-17,20,22,32H,8-15,18-19,21H2,1-7H3,(H,33,34)/t22?,31-/m0/s1. The van der Waals surface area contributed by atoms with Gasteiger partial charge in [0.25, 0.3) is 5.72 Å². The van der Waals surface area contributed by atoms with E-state index in [4.69, 9.17) is 23.7 Å². The number of benzene rings is 1. The van der Waals surface area contributed by atoms with Crippen molar-refractivity contribution < 1.29 is 48.0 Å². The second-order valence-corrected chi connectivity index (χ2v) is 11.0. The highest BCUT2D eigenvalue weighted by atomic mass is 16.7. The number of ether oxygens (including phenoxy) is 5. The number of carboxylic acid groups (broad SMARTS) is 1. The van der Waals surface area contributed by atoms with Gasteiger partial charge in [-0.15, -0.1) is 0 Å². The Bertz CT molecular complexity index is 1020. The number of rotatable bonds is 19. The van der Waals surface area contributed by atoms with Crippen LogP contribution in [-0.2, 0) is 30.2 Å². The highest BCUT2D eigenvalue weighted by Crippen LogP contribution is 2.32. The molecule has 0 aliphatic rings. The summed E-state index contributed by atoms with van der Waals surface area (Å²) in [4.78, 5) is 50.5.